The number of ether oxygens (including phenoxy) is 1. The predicted molar refractivity (Wildman–Crippen MR) is 89.3 cm³/mol. The topological polar surface area (TPSA) is 129 Å². The van der Waals surface area contributed by atoms with E-state index in [-0.39, 0.29) is 24.3 Å². The molecule has 0 aliphatic rings. The summed E-state index contributed by atoms with van der Waals surface area (Å²) in [4.78, 5) is 19.2. The number of esters is 1. The third-order valence-corrected chi connectivity index (χ3v) is 3.41. The van der Waals surface area contributed by atoms with Crippen LogP contribution in [0.4, 0.5) is 5.69 Å². The van der Waals surface area contributed by atoms with Gasteiger partial charge in [-0.1, -0.05) is 0 Å². The number of aliphatic imine (C=N–C) groups is 2. The second-order valence-corrected chi connectivity index (χ2v) is 5.61. The summed E-state index contributed by atoms with van der Waals surface area (Å²) in [5, 5.41) is 0. The van der Waals surface area contributed by atoms with E-state index in [1.807, 2.05) is 0 Å². The van der Waals surface area contributed by atoms with E-state index in [2.05, 4.69) is 41.8 Å². The number of carbonyl (C=O) groups excluding carboxylic acids is 1. The zero-order valence-electron chi connectivity index (χ0n) is 11.3. The summed E-state index contributed by atoms with van der Waals surface area (Å²) >= 11 is 6.73. The van der Waals surface area contributed by atoms with Crippen molar-refractivity contribution in [3.05, 3.63) is 26.6 Å². The quantitative estimate of drug-likeness (QED) is 0.386. The molecule has 6 N–H and O–H groups in total. The number of hydrogen-bond acceptors (Lipinski definition) is 3. The van der Waals surface area contributed by atoms with Crippen molar-refractivity contribution < 1.29 is 9.53 Å². The number of halogens is 2. The Hall–Kier alpha value is -1.61. The zero-order valence-corrected chi connectivity index (χ0v) is 14.4. The molecule has 21 heavy (non-hydrogen) atoms. The lowest BCUT2D eigenvalue weighted by Gasteiger charge is -2.07. The van der Waals surface area contributed by atoms with Crippen LogP contribution in [0.25, 0.3) is 0 Å². The van der Waals surface area contributed by atoms with Crippen LogP contribution in [0, 0.1) is 0 Å². The molecule has 0 aromatic heterocycles. The van der Waals surface area contributed by atoms with Gasteiger partial charge < -0.3 is 21.9 Å². The molecule has 0 unspecified atom stereocenters. The lowest BCUT2D eigenvalue weighted by molar-refractivity contribution is -0.142. The van der Waals surface area contributed by atoms with Gasteiger partial charge in [-0.15, -0.1) is 0 Å². The number of rotatable bonds is 4. The van der Waals surface area contributed by atoms with Gasteiger partial charge in [0.05, 0.1) is 18.7 Å². The van der Waals surface area contributed by atoms with E-state index >= 15 is 0 Å². The molecule has 0 saturated carbocycles. The molecule has 114 valence electrons. The summed E-state index contributed by atoms with van der Waals surface area (Å²) in [6, 6.07) is 3.51. The molecular weight excluding hydrogens is 406 g/mol. The largest absolute Gasteiger partial charge is 0.466 e. The monoisotopic (exact) mass is 419 g/mol. The molecule has 0 amide bonds. The summed E-state index contributed by atoms with van der Waals surface area (Å²) in [5.74, 6) is -0.551. The molecule has 0 spiro atoms. The molecule has 0 saturated heterocycles. The van der Waals surface area contributed by atoms with E-state index in [9.17, 15) is 4.79 Å². The molecule has 0 atom stereocenters. The minimum Gasteiger partial charge on any atom is -0.466 e. The van der Waals surface area contributed by atoms with Gasteiger partial charge in [-0.2, -0.15) is 4.99 Å². The summed E-state index contributed by atoms with van der Waals surface area (Å²) in [7, 11) is 0. The third-order valence-electron chi connectivity index (χ3n) is 2.20. The van der Waals surface area contributed by atoms with Gasteiger partial charge in [-0.05, 0) is 56.5 Å². The van der Waals surface area contributed by atoms with Crippen LogP contribution in [-0.2, 0) is 16.0 Å². The summed E-state index contributed by atoms with van der Waals surface area (Å²) in [6.45, 7) is 2.10. The SMILES string of the molecule is CCOC(=O)Cc1cc(Br)c(N=C(N)N=C(N)N)c(Br)c1. The molecule has 0 heterocycles. The van der Waals surface area contributed by atoms with E-state index < -0.39 is 0 Å². The Bertz CT molecular complexity index is 574. The highest BCUT2D eigenvalue weighted by Crippen LogP contribution is 2.35. The molecule has 0 aliphatic carbocycles. The van der Waals surface area contributed by atoms with Crippen LogP contribution in [0.15, 0.2) is 31.1 Å². The second-order valence-electron chi connectivity index (χ2n) is 3.90. The van der Waals surface area contributed by atoms with E-state index in [1.165, 1.54) is 0 Å². The Labute approximate surface area is 138 Å². The maximum Gasteiger partial charge on any atom is 0.310 e. The van der Waals surface area contributed by atoms with Crippen LogP contribution in [0.5, 0.6) is 0 Å². The number of hydrogen-bond donors (Lipinski definition) is 3. The van der Waals surface area contributed by atoms with Gasteiger partial charge in [0.2, 0.25) is 5.96 Å². The number of nitrogens with two attached hydrogens (primary N) is 3. The first-order chi connectivity index (χ1) is 9.83. The average molecular weight is 421 g/mol. The Morgan fingerprint density at radius 3 is 2.29 bits per heavy atom. The summed E-state index contributed by atoms with van der Waals surface area (Å²) in [5.41, 5.74) is 17.3. The van der Waals surface area contributed by atoms with Crippen molar-refractivity contribution in [2.24, 2.45) is 27.2 Å². The van der Waals surface area contributed by atoms with Gasteiger partial charge in [-0.3, -0.25) is 4.79 Å². The van der Waals surface area contributed by atoms with Crippen LogP contribution in [0.3, 0.4) is 0 Å². The number of nitrogens with zero attached hydrogens (tertiary/aromatic N) is 2. The van der Waals surface area contributed by atoms with Gasteiger partial charge in [0, 0.05) is 8.95 Å². The maximum absolute atomic E-state index is 11.5. The first-order valence-corrected chi connectivity index (χ1v) is 7.49. The standard InChI is InChI=1S/C12H15Br2N5O2/c1-2-21-9(20)5-6-3-7(13)10(8(14)4-6)18-12(17)19-11(15)16/h3-4H,2,5H2,1H3,(H6,15,16,17,18,19). The molecule has 0 radical (unpaired) electrons. The Balaban J connectivity index is 3.06. The first-order valence-electron chi connectivity index (χ1n) is 5.90. The van der Waals surface area contributed by atoms with Crippen molar-refractivity contribution in [2.75, 3.05) is 6.61 Å². The molecule has 1 aromatic rings. The normalized spacial score (nSPS) is 11.1. The molecule has 1 rings (SSSR count). The van der Waals surface area contributed by atoms with Crippen molar-refractivity contribution in [3.8, 4) is 0 Å². The average Bonchev–Trinajstić information content (AvgIpc) is 2.33. The highest BCUT2D eigenvalue weighted by Gasteiger charge is 2.11. The number of benzene rings is 1. The van der Waals surface area contributed by atoms with Gasteiger partial charge in [0.15, 0.2) is 5.96 Å². The van der Waals surface area contributed by atoms with E-state index in [0.29, 0.717) is 21.2 Å². The smallest absolute Gasteiger partial charge is 0.310 e. The van der Waals surface area contributed by atoms with Crippen molar-refractivity contribution in [1.29, 1.82) is 0 Å². The Morgan fingerprint density at radius 2 is 1.81 bits per heavy atom. The third kappa shape index (κ3) is 5.72. The van der Waals surface area contributed by atoms with Crippen LogP contribution in [0.1, 0.15) is 12.5 Å². The van der Waals surface area contributed by atoms with Gasteiger partial charge in [-0.25, -0.2) is 4.99 Å². The Kier molecular flexibility index (Phi) is 6.63. The van der Waals surface area contributed by atoms with E-state index in [4.69, 9.17) is 21.9 Å². The molecule has 9 heteroatoms. The van der Waals surface area contributed by atoms with Crippen molar-refractivity contribution in [3.63, 3.8) is 0 Å². The summed E-state index contributed by atoms with van der Waals surface area (Å²) < 4.78 is 6.19. The minimum atomic E-state index is -0.299. The molecule has 7 nitrogen and oxygen atoms in total. The fourth-order valence-electron chi connectivity index (χ4n) is 1.48. The van der Waals surface area contributed by atoms with Crippen molar-refractivity contribution >= 4 is 55.4 Å². The molecule has 0 fully saturated rings. The number of guanidine groups is 2. The highest BCUT2D eigenvalue weighted by molar-refractivity contribution is 9.11. The van der Waals surface area contributed by atoms with Crippen LogP contribution >= 0.6 is 31.9 Å². The van der Waals surface area contributed by atoms with Crippen molar-refractivity contribution in [1.82, 2.24) is 0 Å². The fourth-order valence-corrected chi connectivity index (χ4v) is 2.94. The van der Waals surface area contributed by atoms with Gasteiger partial charge >= 0.3 is 5.97 Å². The van der Waals surface area contributed by atoms with Crippen LogP contribution < -0.4 is 17.2 Å². The highest BCUT2D eigenvalue weighted by atomic mass is 79.9. The van der Waals surface area contributed by atoms with Gasteiger partial charge in [0.1, 0.15) is 0 Å². The Morgan fingerprint density at radius 1 is 1.24 bits per heavy atom. The lowest BCUT2D eigenvalue weighted by Crippen LogP contribution is -2.26. The molecule has 0 bridgehead atoms. The van der Waals surface area contributed by atoms with Gasteiger partial charge in [0.25, 0.3) is 0 Å². The molecule has 1 aromatic carbocycles. The lowest BCUT2D eigenvalue weighted by atomic mass is 10.1. The molecule has 0 aliphatic heterocycles. The fraction of sp³-hybridized carbons (Fsp3) is 0.250. The molecular formula is C12H15Br2N5O2. The van der Waals surface area contributed by atoms with E-state index in [1.54, 1.807) is 19.1 Å². The van der Waals surface area contributed by atoms with Crippen LogP contribution in [0.2, 0.25) is 0 Å². The first kappa shape index (κ1) is 17.4. The predicted octanol–water partition coefficient (Wildman–Crippen LogP) is 1.54. The number of carbonyl (C=O) groups is 1. The minimum absolute atomic E-state index is 0.0745. The maximum atomic E-state index is 11.5. The van der Waals surface area contributed by atoms with E-state index in [0.717, 1.165) is 5.56 Å². The second kappa shape index (κ2) is 7.99. The zero-order chi connectivity index (χ0) is 16.0. The van der Waals surface area contributed by atoms with Crippen molar-refractivity contribution in [2.45, 2.75) is 13.3 Å². The van der Waals surface area contributed by atoms with Crippen LogP contribution in [-0.4, -0.2) is 24.5 Å². The summed E-state index contributed by atoms with van der Waals surface area (Å²) in [6.07, 6.45) is 0.165.